The molecule has 2 heterocycles. The van der Waals surface area contributed by atoms with E-state index < -0.39 is 0 Å². The van der Waals surface area contributed by atoms with Crippen LogP contribution in [-0.4, -0.2) is 73.2 Å². The third-order valence-corrected chi connectivity index (χ3v) is 5.16. The highest BCUT2D eigenvalue weighted by atomic mass is 127. The first kappa shape index (κ1) is 24.9. The fourth-order valence-electron chi connectivity index (χ4n) is 3.24. The second kappa shape index (κ2) is 14.8. The van der Waals surface area contributed by atoms with Crippen LogP contribution in [0.2, 0.25) is 0 Å². The Balaban J connectivity index is 0.00000392. The minimum absolute atomic E-state index is 0. The molecular weight excluding hydrogens is 465 g/mol. The standard InChI is InChI=1S/C20H37N7.HI/c1-4-18(5-2)17-25-19(21-6-3)22-11-8-12-26-13-15-27(16-14-26)20-23-9-7-10-24-20;/h7,9-10,18H,4-6,8,11-17H2,1-3H3,(H2,21,22,25);1H. The molecule has 1 saturated heterocycles. The Morgan fingerprint density at radius 2 is 1.75 bits per heavy atom. The number of aliphatic imine (C=N–C) groups is 1. The third-order valence-electron chi connectivity index (χ3n) is 5.16. The van der Waals surface area contributed by atoms with E-state index in [1.807, 2.05) is 18.5 Å². The molecule has 0 amide bonds. The molecule has 1 fully saturated rings. The van der Waals surface area contributed by atoms with E-state index in [1.165, 1.54) is 12.8 Å². The van der Waals surface area contributed by atoms with Crippen molar-refractivity contribution in [3.8, 4) is 0 Å². The Kier molecular flexibility index (Phi) is 13.1. The molecule has 1 aliphatic rings. The summed E-state index contributed by atoms with van der Waals surface area (Å²) in [6.45, 7) is 14.6. The van der Waals surface area contributed by atoms with Crippen LogP contribution in [0.25, 0.3) is 0 Å². The zero-order chi connectivity index (χ0) is 19.3. The summed E-state index contributed by atoms with van der Waals surface area (Å²) in [5.41, 5.74) is 0. The summed E-state index contributed by atoms with van der Waals surface area (Å²) in [6, 6.07) is 1.86. The van der Waals surface area contributed by atoms with E-state index in [-0.39, 0.29) is 24.0 Å². The molecule has 2 N–H and O–H groups in total. The van der Waals surface area contributed by atoms with E-state index in [4.69, 9.17) is 4.99 Å². The summed E-state index contributed by atoms with van der Waals surface area (Å²) in [5, 5.41) is 6.83. The first-order chi connectivity index (χ1) is 13.3. The monoisotopic (exact) mass is 503 g/mol. The number of aromatic nitrogens is 2. The molecule has 7 nitrogen and oxygen atoms in total. The lowest BCUT2D eigenvalue weighted by atomic mass is 10.0. The van der Waals surface area contributed by atoms with Gasteiger partial charge in [0.25, 0.3) is 0 Å². The van der Waals surface area contributed by atoms with Gasteiger partial charge >= 0.3 is 0 Å². The summed E-state index contributed by atoms with van der Waals surface area (Å²) in [6.07, 6.45) is 7.14. The fourth-order valence-corrected chi connectivity index (χ4v) is 3.24. The van der Waals surface area contributed by atoms with Crippen LogP contribution in [0, 0.1) is 5.92 Å². The summed E-state index contributed by atoms with van der Waals surface area (Å²) in [5.74, 6) is 2.49. The van der Waals surface area contributed by atoms with Crippen LogP contribution < -0.4 is 15.5 Å². The highest BCUT2D eigenvalue weighted by molar-refractivity contribution is 14.0. The first-order valence-corrected chi connectivity index (χ1v) is 10.5. The van der Waals surface area contributed by atoms with Gasteiger partial charge < -0.3 is 15.5 Å². The smallest absolute Gasteiger partial charge is 0.225 e. The topological polar surface area (TPSA) is 68.7 Å². The van der Waals surface area contributed by atoms with Crippen LogP contribution in [0.4, 0.5) is 5.95 Å². The molecule has 0 bridgehead atoms. The Labute approximate surface area is 187 Å². The molecule has 28 heavy (non-hydrogen) atoms. The van der Waals surface area contributed by atoms with Gasteiger partial charge in [-0.05, 0) is 31.9 Å². The summed E-state index contributed by atoms with van der Waals surface area (Å²) >= 11 is 0. The van der Waals surface area contributed by atoms with E-state index in [2.05, 4.69) is 51.2 Å². The summed E-state index contributed by atoms with van der Waals surface area (Å²) in [4.78, 5) is 18.2. The lowest BCUT2D eigenvalue weighted by Gasteiger charge is -2.34. The van der Waals surface area contributed by atoms with E-state index in [0.29, 0.717) is 5.92 Å². The predicted molar refractivity (Wildman–Crippen MR) is 129 cm³/mol. The van der Waals surface area contributed by atoms with Crippen molar-refractivity contribution in [2.24, 2.45) is 10.9 Å². The molecule has 2 rings (SSSR count). The maximum Gasteiger partial charge on any atom is 0.225 e. The van der Waals surface area contributed by atoms with E-state index >= 15 is 0 Å². The highest BCUT2D eigenvalue weighted by Gasteiger charge is 2.18. The molecule has 8 heteroatoms. The average molecular weight is 503 g/mol. The molecule has 0 aliphatic carbocycles. The van der Waals surface area contributed by atoms with Crippen LogP contribution in [0.5, 0.6) is 0 Å². The number of anilines is 1. The average Bonchev–Trinajstić information content (AvgIpc) is 2.73. The van der Waals surface area contributed by atoms with Crippen molar-refractivity contribution in [2.75, 3.05) is 57.3 Å². The van der Waals surface area contributed by atoms with Crippen molar-refractivity contribution in [3.05, 3.63) is 18.5 Å². The van der Waals surface area contributed by atoms with Crippen LogP contribution in [0.1, 0.15) is 40.0 Å². The molecule has 0 spiro atoms. The lowest BCUT2D eigenvalue weighted by Crippen LogP contribution is -2.47. The van der Waals surface area contributed by atoms with E-state index in [1.54, 1.807) is 0 Å². The summed E-state index contributed by atoms with van der Waals surface area (Å²) < 4.78 is 0. The third kappa shape index (κ3) is 8.89. The van der Waals surface area contributed by atoms with Gasteiger partial charge in [-0.2, -0.15) is 0 Å². The van der Waals surface area contributed by atoms with Gasteiger partial charge in [0.05, 0.1) is 0 Å². The normalized spacial score (nSPS) is 15.4. The van der Waals surface area contributed by atoms with Crippen LogP contribution in [0.15, 0.2) is 23.5 Å². The van der Waals surface area contributed by atoms with Gasteiger partial charge in [-0.15, -0.1) is 24.0 Å². The Hall–Kier alpha value is -1.16. The number of halogens is 1. The maximum absolute atomic E-state index is 4.74. The lowest BCUT2D eigenvalue weighted by molar-refractivity contribution is 0.254. The predicted octanol–water partition coefficient (Wildman–Crippen LogP) is 2.60. The number of hydrogen-bond donors (Lipinski definition) is 2. The molecule has 0 aromatic carbocycles. The van der Waals surface area contributed by atoms with Crippen molar-refractivity contribution >= 4 is 35.9 Å². The van der Waals surface area contributed by atoms with Gasteiger partial charge in [0.1, 0.15) is 0 Å². The number of hydrogen-bond acceptors (Lipinski definition) is 5. The van der Waals surface area contributed by atoms with Gasteiger partial charge in [0.2, 0.25) is 5.95 Å². The van der Waals surface area contributed by atoms with Crippen molar-refractivity contribution in [3.63, 3.8) is 0 Å². The Morgan fingerprint density at radius 3 is 2.36 bits per heavy atom. The second-order valence-electron chi connectivity index (χ2n) is 7.06. The van der Waals surface area contributed by atoms with Gasteiger partial charge in [0, 0.05) is 58.2 Å². The zero-order valence-electron chi connectivity index (χ0n) is 17.7. The van der Waals surface area contributed by atoms with Crippen molar-refractivity contribution in [1.82, 2.24) is 25.5 Å². The second-order valence-corrected chi connectivity index (χ2v) is 7.06. The maximum atomic E-state index is 4.74. The molecule has 0 saturated carbocycles. The number of guanidine groups is 1. The molecule has 1 aliphatic heterocycles. The molecule has 0 unspecified atom stereocenters. The van der Waals surface area contributed by atoms with Crippen molar-refractivity contribution in [2.45, 2.75) is 40.0 Å². The van der Waals surface area contributed by atoms with Gasteiger partial charge in [0.15, 0.2) is 5.96 Å². The largest absolute Gasteiger partial charge is 0.357 e. The number of rotatable bonds is 10. The van der Waals surface area contributed by atoms with Gasteiger partial charge in [-0.3, -0.25) is 9.89 Å². The van der Waals surface area contributed by atoms with Crippen molar-refractivity contribution < 1.29 is 0 Å². The van der Waals surface area contributed by atoms with Gasteiger partial charge in [-0.1, -0.05) is 26.7 Å². The quantitative estimate of drug-likeness (QED) is 0.222. The number of nitrogens with one attached hydrogen (secondary N) is 2. The number of nitrogens with zero attached hydrogens (tertiary/aromatic N) is 5. The highest BCUT2D eigenvalue weighted by Crippen LogP contribution is 2.10. The fraction of sp³-hybridized carbons (Fsp3) is 0.750. The Bertz CT molecular complexity index is 529. The van der Waals surface area contributed by atoms with Gasteiger partial charge in [-0.25, -0.2) is 9.97 Å². The molecule has 0 radical (unpaired) electrons. The first-order valence-electron chi connectivity index (χ1n) is 10.5. The molecular formula is C20H38IN7. The zero-order valence-corrected chi connectivity index (χ0v) is 20.1. The minimum atomic E-state index is 0. The SMILES string of the molecule is CCNC(=NCC(CC)CC)NCCCN1CCN(c2ncccn2)CC1.I. The van der Waals surface area contributed by atoms with Crippen LogP contribution in [-0.2, 0) is 0 Å². The van der Waals surface area contributed by atoms with Crippen LogP contribution in [0.3, 0.4) is 0 Å². The minimum Gasteiger partial charge on any atom is -0.357 e. The summed E-state index contributed by atoms with van der Waals surface area (Å²) in [7, 11) is 0. The molecule has 1 aromatic rings. The molecule has 160 valence electrons. The van der Waals surface area contributed by atoms with E-state index in [0.717, 1.165) is 70.7 Å². The van der Waals surface area contributed by atoms with Crippen molar-refractivity contribution in [1.29, 1.82) is 0 Å². The Morgan fingerprint density at radius 1 is 1.07 bits per heavy atom. The van der Waals surface area contributed by atoms with E-state index in [9.17, 15) is 0 Å². The van der Waals surface area contributed by atoms with Crippen LogP contribution >= 0.6 is 24.0 Å². The molecule has 1 aromatic heterocycles. The molecule has 0 atom stereocenters. The number of piperazine rings is 1.